The van der Waals surface area contributed by atoms with Crippen LogP contribution in [0, 0.1) is 0 Å². The van der Waals surface area contributed by atoms with Gasteiger partial charge in [0.15, 0.2) is 23.1 Å². The van der Waals surface area contributed by atoms with Gasteiger partial charge >= 0.3 is 0 Å². The van der Waals surface area contributed by atoms with Crippen LogP contribution >= 0.6 is 0 Å². The molecule has 8 heteroatoms. The molecule has 0 radical (unpaired) electrons. The highest BCUT2D eigenvalue weighted by atomic mass is 16.5. The molecular formula is C38H40O8. The molecule has 0 aliphatic heterocycles. The monoisotopic (exact) mass is 624 g/mol. The van der Waals surface area contributed by atoms with Crippen molar-refractivity contribution in [3.05, 3.63) is 118 Å². The minimum atomic E-state index is -0.314. The summed E-state index contributed by atoms with van der Waals surface area (Å²) in [5.41, 5.74) is 3.76. The number of benzene rings is 4. The van der Waals surface area contributed by atoms with E-state index in [2.05, 4.69) is 0 Å². The van der Waals surface area contributed by atoms with Crippen LogP contribution < -0.4 is 9.47 Å². The number of aromatic hydroxyl groups is 4. The van der Waals surface area contributed by atoms with Crippen LogP contribution in [0.25, 0.3) is 12.2 Å². The second-order valence-electron chi connectivity index (χ2n) is 10.7. The molecule has 0 heterocycles. The van der Waals surface area contributed by atoms with E-state index in [1.54, 1.807) is 60.7 Å². The van der Waals surface area contributed by atoms with Crippen LogP contribution in [0.1, 0.15) is 76.1 Å². The van der Waals surface area contributed by atoms with E-state index in [1.807, 2.05) is 32.9 Å². The van der Waals surface area contributed by atoms with Crippen molar-refractivity contribution >= 4 is 23.7 Å². The van der Waals surface area contributed by atoms with E-state index >= 15 is 0 Å². The average molecular weight is 625 g/mol. The number of hydrogen-bond donors (Lipinski definition) is 4. The Morgan fingerprint density at radius 1 is 0.739 bits per heavy atom. The predicted molar refractivity (Wildman–Crippen MR) is 180 cm³/mol. The van der Waals surface area contributed by atoms with E-state index in [9.17, 15) is 30.0 Å². The Bertz CT molecular complexity index is 1700. The third kappa shape index (κ3) is 9.01. The minimum absolute atomic E-state index is 0.0174. The van der Waals surface area contributed by atoms with E-state index in [1.165, 1.54) is 38.5 Å². The van der Waals surface area contributed by atoms with Crippen molar-refractivity contribution < 1.29 is 39.5 Å². The second kappa shape index (κ2) is 16.5. The van der Waals surface area contributed by atoms with Gasteiger partial charge in [0.05, 0.1) is 14.2 Å². The van der Waals surface area contributed by atoms with Crippen molar-refractivity contribution in [3.8, 4) is 34.5 Å². The van der Waals surface area contributed by atoms with Crippen LogP contribution in [0.15, 0.2) is 84.9 Å². The van der Waals surface area contributed by atoms with Gasteiger partial charge in [-0.25, -0.2) is 0 Å². The summed E-state index contributed by atoms with van der Waals surface area (Å²) < 4.78 is 10.4. The van der Waals surface area contributed by atoms with Crippen molar-refractivity contribution in [1.82, 2.24) is 0 Å². The molecule has 0 saturated heterocycles. The van der Waals surface area contributed by atoms with Crippen molar-refractivity contribution in [2.24, 2.45) is 0 Å². The van der Waals surface area contributed by atoms with Crippen molar-refractivity contribution in [3.63, 3.8) is 0 Å². The van der Waals surface area contributed by atoms with Gasteiger partial charge in [0, 0.05) is 33.9 Å². The standard InChI is InChI=1S/2C19H20O4/c1-12(2)15-11-14(19(23-3)18(22)17(15)21)9-10-16(20)13-7-5-4-6-8-13;1-3-4-14-11-15(19(23-2)12-18(14)22)7-10-17(21)13-5-8-16(20)9-6-13/h4-12,21-22H,1-3H3;5-12,20,22H,3-4H2,1-2H3. The Morgan fingerprint density at radius 3 is 1.87 bits per heavy atom. The van der Waals surface area contributed by atoms with E-state index in [-0.39, 0.29) is 46.2 Å². The molecule has 0 aliphatic rings. The fraction of sp³-hybridized carbons (Fsp3) is 0.211. The minimum Gasteiger partial charge on any atom is -0.508 e. The zero-order valence-electron chi connectivity index (χ0n) is 26.7. The molecule has 4 rings (SSSR count). The van der Waals surface area contributed by atoms with Crippen LogP contribution in [0.3, 0.4) is 0 Å². The van der Waals surface area contributed by atoms with Gasteiger partial charge in [-0.05, 0) is 78.6 Å². The largest absolute Gasteiger partial charge is 0.508 e. The number of hydrogen-bond acceptors (Lipinski definition) is 8. The van der Waals surface area contributed by atoms with Crippen LogP contribution in [-0.2, 0) is 6.42 Å². The van der Waals surface area contributed by atoms with Crippen molar-refractivity contribution in [1.29, 1.82) is 0 Å². The Balaban J connectivity index is 0.000000250. The lowest BCUT2D eigenvalue weighted by atomic mass is 9.97. The number of ketones is 2. The molecular weight excluding hydrogens is 584 g/mol. The maximum absolute atomic E-state index is 12.1. The summed E-state index contributed by atoms with van der Waals surface area (Å²) in [6.07, 6.45) is 7.80. The number of carbonyl (C=O) groups is 2. The number of phenols is 4. The quantitative estimate of drug-likeness (QED) is 0.0748. The lowest BCUT2D eigenvalue weighted by Crippen LogP contribution is -1.96. The fourth-order valence-corrected chi connectivity index (χ4v) is 4.62. The summed E-state index contributed by atoms with van der Waals surface area (Å²) in [4.78, 5) is 24.3. The third-order valence-corrected chi connectivity index (χ3v) is 7.10. The number of allylic oxidation sites excluding steroid dienone is 2. The molecule has 0 bridgehead atoms. The highest BCUT2D eigenvalue weighted by molar-refractivity contribution is 6.07. The Morgan fingerprint density at radius 2 is 1.33 bits per heavy atom. The van der Waals surface area contributed by atoms with E-state index in [0.717, 1.165) is 24.0 Å². The Hall–Kier alpha value is -5.50. The van der Waals surface area contributed by atoms with Crippen LogP contribution in [0.2, 0.25) is 0 Å². The highest BCUT2D eigenvalue weighted by Crippen LogP contribution is 2.44. The molecule has 46 heavy (non-hydrogen) atoms. The first kappa shape index (κ1) is 35.0. The first-order valence-electron chi connectivity index (χ1n) is 14.8. The summed E-state index contributed by atoms with van der Waals surface area (Å²) in [5, 5.41) is 39.4. The lowest BCUT2D eigenvalue weighted by Gasteiger charge is -2.15. The maximum atomic E-state index is 12.1. The normalized spacial score (nSPS) is 11.0. The molecule has 0 atom stereocenters. The molecule has 0 aliphatic carbocycles. The first-order valence-corrected chi connectivity index (χ1v) is 14.8. The van der Waals surface area contributed by atoms with Gasteiger partial charge in [-0.1, -0.05) is 57.5 Å². The number of rotatable bonds is 11. The summed E-state index contributed by atoms with van der Waals surface area (Å²) >= 11 is 0. The smallest absolute Gasteiger partial charge is 0.201 e. The molecule has 240 valence electrons. The van der Waals surface area contributed by atoms with Crippen LogP contribution in [0.5, 0.6) is 34.5 Å². The molecule has 8 nitrogen and oxygen atoms in total. The van der Waals surface area contributed by atoms with Crippen molar-refractivity contribution in [2.75, 3.05) is 14.2 Å². The van der Waals surface area contributed by atoms with E-state index in [4.69, 9.17) is 9.47 Å². The summed E-state index contributed by atoms with van der Waals surface area (Å²) in [7, 11) is 2.92. The molecule has 4 aromatic rings. The van der Waals surface area contributed by atoms with E-state index in [0.29, 0.717) is 28.0 Å². The number of ether oxygens (including phenoxy) is 2. The highest BCUT2D eigenvalue weighted by Gasteiger charge is 2.18. The summed E-state index contributed by atoms with van der Waals surface area (Å²) in [6, 6.07) is 20.1. The molecule has 0 spiro atoms. The molecule has 0 amide bonds. The van der Waals surface area contributed by atoms with Gasteiger partial charge in [0.25, 0.3) is 0 Å². The number of methoxy groups -OCH3 is 2. The average Bonchev–Trinajstić information content (AvgIpc) is 3.05. The molecule has 4 aromatic carbocycles. The SMILES string of the molecule is CCCc1cc(C=CC(=O)c2ccc(O)cc2)c(OC)cc1O.COc1c(C=CC(=O)c2ccccc2)cc(C(C)C)c(O)c1O. The summed E-state index contributed by atoms with van der Waals surface area (Å²) in [5.74, 6) is 0.169. The molecule has 4 N–H and O–H groups in total. The molecule has 0 unspecified atom stereocenters. The topological polar surface area (TPSA) is 134 Å². The lowest BCUT2D eigenvalue weighted by molar-refractivity contribution is 0.103. The first-order chi connectivity index (χ1) is 22.0. The fourth-order valence-electron chi connectivity index (χ4n) is 4.62. The Kier molecular flexibility index (Phi) is 12.6. The number of carbonyl (C=O) groups excluding carboxylic acids is 2. The van der Waals surface area contributed by atoms with Gasteiger partial charge in [-0.15, -0.1) is 0 Å². The van der Waals surface area contributed by atoms with Gasteiger partial charge < -0.3 is 29.9 Å². The number of phenolic OH excluding ortho intramolecular Hbond substituents is 4. The van der Waals surface area contributed by atoms with Crippen molar-refractivity contribution in [2.45, 2.75) is 39.5 Å². The van der Waals surface area contributed by atoms with Gasteiger partial charge in [-0.2, -0.15) is 0 Å². The molecule has 0 saturated carbocycles. The van der Waals surface area contributed by atoms with Gasteiger partial charge in [-0.3, -0.25) is 9.59 Å². The molecule has 0 fully saturated rings. The number of aryl methyl sites for hydroxylation is 1. The third-order valence-electron chi connectivity index (χ3n) is 7.10. The summed E-state index contributed by atoms with van der Waals surface area (Å²) in [6.45, 7) is 5.85. The predicted octanol–water partition coefficient (Wildman–Crippen LogP) is 8.08. The van der Waals surface area contributed by atoms with Gasteiger partial charge in [0.2, 0.25) is 5.75 Å². The maximum Gasteiger partial charge on any atom is 0.201 e. The zero-order valence-corrected chi connectivity index (χ0v) is 26.7. The van der Waals surface area contributed by atoms with Gasteiger partial charge in [0.1, 0.15) is 17.2 Å². The van der Waals surface area contributed by atoms with E-state index < -0.39 is 0 Å². The van der Waals surface area contributed by atoms with Crippen LogP contribution in [-0.4, -0.2) is 46.2 Å². The zero-order chi connectivity index (χ0) is 33.8. The Labute approximate surface area is 269 Å². The second-order valence-corrected chi connectivity index (χ2v) is 10.7. The molecule has 0 aromatic heterocycles. The van der Waals surface area contributed by atoms with Crippen LogP contribution in [0.4, 0.5) is 0 Å².